The monoisotopic (exact) mass is 298 g/mol. The SMILES string of the molecule is CC1CCCN(c2ncnc(NNc3ccccc3)c2N)C1. The molecule has 1 aliphatic heterocycles. The Morgan fingerprint density at radius 1 is 1.18 bits per heavy atom. The molecule has 116 valence electrons. The lowest BCUT2D eigenvalue weighted by Crippen LogP contribution is -2.35. The van der Waals surface area contributed by atoms with Gasteiger partial charge in [-0.1, -0.05) is 25.1 Å². The number of nitrogens with zero attached hydrogens (tertiary/aromatic N) is 3. The number of nitrogens with one attached hydrogen (secondary N) is 2. The molecule has 2 aromatic rings. The number of hydrogen-bond acceptors (Lipinski definition) is 6. The first-order chi connectivity index (χ1) is 10.7. The van der Waals surface area contributed by atoms with Crippen LogP contribution in [0.3, 0.4) is 0 Å². The second-order valence-corrected chi connectivity index (χ2v) is 5.77. The van der Waals surface area contributed by atoms with Crippen molar-refractivity contribution in [2.24, 2.45) is 5.92 Å². The van der Waals surface area contributed by atoms with Crippen molar-refractivity contribution in [1.82, 2.24) is 9.97 Å². The highest BCUT2D eigenvalue weighted by Gasteiger charge is 2.20. The molecule has 1 atom stereocenters. The summed E-state index contributed by atoms with van der Waals surface area (Å²) < 4.78 is 0. The van der Waals surface area contributed by atoms with Gasteiger partial charge in [0, 0.05) is 13.1 Å². The van der Waals surface area contributed by atoms with Gasteiger partial charge < -0.3 is 10.6 Å². The number of nitrogen functional groups attached to an aromatic ring is 1. The van der Waals surface area contributed by atoms with Crippen LogP contribution in [0.15, 0.2) is 36.7 Å². The molecule has 0 spiro atoms. The Morgan fingerprint density at radius 2 is 2.00 bits per heavy atom. The number of rotatable bonds is 4. The van der Waals surface area contributed by atoms with Crippen molar-refractivity contribution in [3.05, 3.63) is 36.7 Å². The van der Waals surface area contributed by atoms with E-state index in [2.05, 4.69) is 32.6 Å². The predicted octanol–water partition coefficient (Wildman–Crippen LogP) is 2.73. The summed E-state index contributed by atoms with van der Waals surface area (Å²) in [6.45, 7) is 4.25. The second kappa shape index (κ2) is 6.51. The van der Waals surface area contributed by atoms with Crippen LogP contribution in [0.1, 0.15) is 19.8 Å². The smallest absolute Gasteiger partial charge is 0.173 e. The van der Waals surface area contributed by atoms with Crippen LogP contribution < -0.4 is 21.5 Å². The molecule has 2 heterocycles. The molecule has 0 saturated carbocycles. The molecule has 1 fully saturated rings. The number of benzene rings is 1. The highest BCUT2D eigenvalue weighted by molar-refractivity contribution is 5.75. The number of aromatic nitrogens is 2. The Kier molecular flexibility index (Phi) is 4.27. The standard InChI is InChI=1S/C16H22N6/c1-12-6-5-9-22(10-12)16-14(17)15(18-11-19-16)21-20-13-7-3-2-4-8-13/h2-4,7-8,11-12,20H,5-6,9-10,17H2,1H3,(H,18,19,21). The zero-order chi connectivity index (χ0) is 15.4. The molecular formula is C16H22N6. The first-order valence-corrected chi connectivity index (χ1v) is 7.66. The van der Waals surface area contributed by atoms with Crippen LogP contribution >= 0.6 is 0 Å². The van der Waals surface area contributed by atoms with Gasteiger partial charge >= 0.3 is 0 Å². The number of hydrogen-bond donors (Lipinski definition) is 3. The van der Waals surface area contributed by atoms with Crippen LogP contribution in [0.25, 0.3) is 0 Å². The van der Waals surface area contributed by atoms with Gasteiger partial charge in [0.1, 0.15) is 12.0 Å². The topological polar surface area (TPSA) is 79.1 Å². The van der Waals surface area contributed by atoms with Crippen LogP contribution in [0, 0.1) is 5.92 Å². The minimum atomic E-state index is 0.583. The fourth-order valence-corrected chi connectivity index (χ4v) is 2.77. The predicted molar refractivity (Wildman–Crippen MR) is 90.7 cm³/mol. The minimum Gasteiger partial charge on any atom is -0.393 e. The summed E-state index contributed by atoms with van der Waals surface area (Å²) >= 11 is 0. The fourth-order valence-electron chi connectivity index (χ4n) is 2.77. The molecule has 3 rings (SSSR count). The van der Waals surface area contributed by atoms with Crippen LogP contribution in [0.5, 0.6) is 0 Å². The number of anilines is 4. The third-order valence-corrected chi connectivity index (χ3v) is 3.92. The van der Waals surface area contributed by atoms with Gasteiger partial charge in [0.25, 0.3) is 0 Å². The van der Waals surface area contributed by atoms with E-state index in [-0.39, 0.29) is 0 Å². The molecule has 1 aliphatic rings. The van der Waals surface area contributed by atoms with Crippen molar-refractivity contribution in [3.8, 4) is 0 Å². The van der Waals surface area contributed by atoms with Crippen molar-refractivity contribution in [2.75, 3.05) is 34.6 Å². The first-order valence-electron chi connectivity index (χ1n) is 7.66. The van der Waals surface area contributed by atoms with Gasteiger partial charge in [0.2, 0.25) is 0 Å². The maximum Gasteiger partial charge on any atom is 0.173 e. The maximum absolute atomic E-state index is 6.25. The minimum absolute atomic E-state index is 0.583. The number of para-hydroxylation sites is 1. The van der Waals surface area contributed by atoms with Crippen molar-refractivity contribution in [3.63, 3.8) is 0 Å². The zero-order valence-corrected chi connectivity index (χ0v) is 12.8. The summed E-state index contributed by atoms with van der Waals surface area (Å²) in [4.78, 5) is 10.9. The van der Waals surface area contributed by atoms with E-state index in [1.165, 1.54) is 12.8 Å². The number of nitrogens with two attached hydrogens (primary N) is 1. The highest BCUT2D eigenvalue weighted by Crippen LogP contribution is 2.29. The summed E-state index contributed by atoms with van der Waals surface area (Å²) in [7, 11) is 0. The molecule has 1 aromatic heterocycles. The molecular weight excluding hydrogens is 276 g/mol. The van der Waals surface area contributed by atoms with Crippen molar-refractivity contribution < 1.29 is 0 Å². The molecule has 22 heavy (non-hydrogen) atoms. The van der Waals surface area contributed by atoms with Crippen LogP contribution in [-0.2, 0) is 0 Å². The molecule has 0 bridgehead atoms. The molecule has 1 unspecified atom stereocenters. The van der Waals surface area contributed by atoms with Gasteiger partial charge in [0.05, 0.1) is 5.69 Å². The third kappa shape index (κ3) is 3.21. The summed E-state index contributed by atoms with van der Waals surface area (Å²) in [6, 6.07) is 9.84. The van der Waals surface area contributed by atoms with Crippen molar-refractivity contribution in [2.45, 2.75) is 19.8 Å². The molecule has 0 radical (unpaired) electrons. The number of hydrazine groups is 1. The van der Waals surface area contributed by atoms with E-state index in [4.69, 9.17) is 5.73 Å². The van der Waals surface area contributed by atoms with Gasteiger partial charge in [-0.05, 0) is 30.9 Å². The molecule has 6 heteroatoms. The van der Waals surface area contributed by atoms with Gasteiger partial charge in [-0.15, -0.1) is 0 Å². The van der Waals surface area contributed by atoms with Crippen LogP contribution in [0.2, 0.25) is 0 Å². The number of piperidine rings is 1. The molecule has 4 N–H and O–H groups in total. The molecule has 1 aromatic carbocycles. The first kappa shape index (κ1) is 14.4. The summed E-state index contributed by atoms with van der Waals surface area (Å²) in [6.07, 6.45) is 4.00. The fraction of sp³-hybridized carbons (Fsp3) is 0.375. The lowest BCUT2D eigenvalue weighted by Gasteiger charge is -2.32. The van der Waals surface area contributed by atoms with E-state index in [9.17, 15) is 0 Å². The molecule has 0 amide bonds. The van der Waals surface area contributed by atoms with Crippen molar-refractivity contribution in [1.29, 1.82) is 0 Å². The second-order valence-electron chi connectivity index (χ2n) is 5.77. The van der Waals surface area contributed by atoms with Gasteiger partial charge in [-0.3, -0.25) is 10.9 Å². The Labute approximate surface area is 130 Å². The summed E-state index contributed by atoms with van der Waals surface area (Å²) in [5.41, 5.74) is 14.0. The van der Waals surface area contributed by atoms with Crippen molar-refractivity contribution >= 4 is 23.0 Å². The molecule has 1 saturated heterocycles. The highest BCUT2D eigenvalue weighted by atomic mass is 15.4. The average Bonchev–Trinajstić information content (AvgIpc) is 2.55. The Morgan fingerprint density at radius 3 is 2.77 bits per heavy atom. The third-order valence-electron chi connectivity index (χ3n) is 3.92. The summed E-state index contributed by atoms with van der Waals surface area (Å²) in [5.74, 6) is 2.09. The van der Waals surface area contributed by atoms with E-state index < -0.39 is 0 Å². The zero-order valence-electron chi connectivity index (χ0n) is 12.8. The Bertz CT molecular complexity index is 615. The van der Waals surface area contributed by atoms with E-state index in [0.29, 0.717) is 17.4 Å². The largest absolute Gasteiger partial charge is 0.393 e. The normalized spacial score (nSPS) is 18.0. The van der Waals surface area contributed by atoms with E-state index in [1.807, 2.05) is 30.3 Å². The van der Waals surface area contributed by atoms with Gasteiger partial charge in [-0.25, -0.2) is 9.97 Å². The Balaban J connectivity index is 1.74. The van der Waals surface area contributed by atoms with E-state index in [0.717, 1.165) is 24.6 Å². The molecule has 0 aliphatic carbocycles. The lowest BCUT2D eigenvalue weighted by molar-refractivity contribution is 0.445. The Hall–Kier alpha value is -2.50. The quantitative estimate of drug-likeness (QED) is 0.753. The van der Waals surface area contributed by atoms with Gasteiger partial charge in [0.15, 0.2) is 11.6 Å². The average molecular weight is 298 g/mol. The summed E-state index contributed by atoms with van der Waals surface area (Å²) in [5, 5.41) is 0. The lowest BCUT2D eigenvalue weighted by atomic mass is 10.0. The van der Waals surface area contributed by atoms with E-state index in [1.54, 1.807) is 6.33 Å². The van der Waals surface area contributed by atoms with Crippen LogP contribution in [0.4, 0.5) is 23.0 Å². The van der Waals surface area contributed by atoms with E-state index >= 15 is 0 Å². The van der Waals surface area contributed by atoms with Gasteiger partial charge in [-0.2, -0.15) is 0 Å². The molecule has 6 nitrogen and oxygen atoms in total. The van der Waals surface area contributed by atoms with Crippen LogP contribution in [-0.4, -0.2) is 23.1 Å². The maximum atomic E-state index is 6.25.